The van der Waals surface area contributed by atoms with E-state index in [0.29, 0.717) is 16.6 Å². The Morgan fingerprint density at radius 3 is 2.78 bits per heavy atom. The minimum Gasteiger partial charge on any atom is -0.456 e. The molecule has 0 unspecified atom stereocenters. The third-order valence-corrected chi connectivity index (χ3v) is 3.29. The van der Waals surface area contributed by atoms with Gasteiger partial charge in [-0.3, -0.25) is 19.0 Å². The first kappa shape index (κ1) is 14.7. The number of nitrogens with zero attached hydrogens (tertiary/aromatic N) is 2. The first-order valence-electron chi connectivity index (χ1n) is 6.91. The van der Waals surface area contributed by atoms with E-state index in [4.69, 9.17) is 4.74 Å². The van der Waals surface area contributed by atoms with Crippen molar-refractivity contribution in [3.8, 4) is 0 Å². The van der Waals surface area contributed by atoms with Crippen molar-refractivity contribution in [3.05, 3.63) is 65.0 Å². The van der Waals surface area contributed by atoms with Crippen LogP contribution < -0.4 is 5.56 Å². The van der Waals surface area contributed by atoms with Gasteiger partial charge in [0.2, 0.25) is 5.78 Å². The number of rotatable bonds is 5. The number of ether oxygens (including phenoxy) is 1. The van der Waals surface area contributed by atoms with Crippen molar-refractivity contribution in [3.63, 3.8) is 0 Å². The number of nitrogens with one attached hydrogen (secondary N) is 1. The lowest BCUT2D eigenvalue weighted by Gasteiger charge is -2.06. The number of aromatic amines is 1. The van der Waals surface area contributed by atoms with Crippen LogP contribution in [0, 0.1) is 0 Å². The first-order valence-corrected chi connectivity index (χ1v) is 6.91. The van der Waals surface area contributed by atoms with E-state index in [1.807, 2.05) is 0 Å². The molecule has 7 heteroatoms. The van der Waals surface area contributed by atoms with Crippen LogP contribution in [0.15, 0.2) is 53.7 Å². The standard InChI is InChI=1S/C16H13N3O4/c20-14(13-6-3-7-17-13)9-23-15(21)8-19-10-18-12-5-2-1-4-11(12)16(19)22/h1-7,10,17H,8-9H2. The topological polar surface area (TPSA) is 94.0 Å². The van der Waals surface area contributed by atoms with E-state index >= 15 is 0 Å². The Bertz CT molecular complexity index is 912. The van der Waals surface area contributed by atoms with Gasteiger partial charge in [-0.2, -0.15) is 0 Å². The summed E-state index contributed by atoms with van der Waals surface area (Å²) in [6.07, 6.45) is 2.90. The van der Waals surface area contributed by atoms with Crippen molar-refractivity contribution < 1.29 is 14.3 Å². The summed E-state index contributed by atoms with van der Waals surface area (Å²) in [5.41, 5.74) is 0.592. The Morgan fingerprint density at radius 2 is 2.00 bits per heavy atom. The average Bonchev–Trinajstić information content (AvgIpc) is 3.10. The van der Waals surface area contributed by atoms with E-state index in [-0.39, 0.29) is 24.5 Å². The second-order valence-corrected chi connectivity index (χ2v) is 4.86. The second-order valence-electron chi connectivity index (χ2n) is 4.86. The lowest BCUT2D eigenvalue weighted by molar-refractivity contribution is -0.143. The van der Waals surface area contributed by atoms with Gasteiger partial charge in [-0.1, -0.05) is 12.1 Å². The summed E-state index contributed by atoms with van der Waals surface area (Å²) in [7, 11) is 0. The molecule has 0 saturated carbocycles. The number of esters is 1. The van der Waals surface area contributed by atoms with Crippen LogP contribution >= 0.6 is 0 Å². The number of hydrogen-bond donors (Lipinski definition) is 1. The summed E-state index contributed by atoms with van der Waals surface area (Å²) < 4.78 is 6.06. The summed E-state index contributed by atoms with van der Waals surface area (Å²) in [6, 6.07) is 10.1. The third-order valence-electron chi connectivity index (χ3n) is 3.29. The zero-order chi connectivity index (χ0) is 16.2. The molecular weight excluding hydrogens is 298 g/mol. The van der Waals surface area contributed by atoms with Gasteiger partial charge in [0, 0.05) is 6.20 Å². The second kappa shape index (κ2) is 6.27. The number of H-pyrrole nitrogens is 1. The fourth-order valence-electron chi connectivity index (χ4n) is 2.13. The quantitative estimate of drug-likeness (QED) is 0.563. The van der Waals surface area contributed by atoms with Crippen LogP contribution in [0.25, 0.3) is 10.9 Å². The molecule has 3 aromatic rings. The Balaban J connectivity index is 1.67. The minimum atomic E-state index is -0.677. The Kier molecular flexibility index (Phi) is 4.01. The number of hydrogen-bond acceptors (Lipinski definition) is 5. The Labute approximate surface area is 130 Å². The van der Waals surface area contributed by atoms with E-state index in [2.05, 4.69) is 9.97 Å². The molecule has 0 fully saturated rings. The lowest BCUT2D eigenvalue weighted by Crippen LogP contribution is -2.26. The highest BCUT2D eigenvalue weighted by molar-refractivity contribution is 5.96. The molecule has 0 aliphatic heterocycles. The highest BCUT2D eigenvalue weighted by Crippen LogP contribution is 2.04. The van der Waals surface area contributed by atoms with Crippen LogP contribution in [0.2, 0.25) is 0 Å². The first-order chi connectivity index (χ1) is 11.1. The number of fused-ring (bicyclic) bond motifs is 1. The van der Waals surface area contributed by atoms with Gasteiger partial charge < -0.3 is 9.72 Å². The van der Waals surface area contributed by atoms with E-state index in [1.165, 1.54) is 6.33 Å². The predicted molar refractivity (Wildman–Crippen MR) is 82.1 cm³/mol. The van der Waals surface area contributed by atoms with Crippen molar-refractivity contribution in [1.82, 2.24) is 14.5 Å². The van der Waals surface area contributed by atoms with Crippen molar-refractivity contribution in [2.75, 3.05) is 6.61 Å². The van der Waals surface area contributed by atoms with E-state index in [1.54, 1.807) is 42.6 Å². The molecule has 0 bridgehead atoms. The maximum Gasteiger partial charge on any atom is 0.326 e. The molecule has 1 N–H and O–H groups in total. The fourth-order valence-corrected chi connectivity index (χ4v) is 2.13. The Morgan fingerprint density at radius 1 is 1.17 bits per heavy atom. The van der Waals surface area contributed by atoms with E-state index < -0.39 is 5.97 Å². The summed E-state index contributed by atoms with van der Waals surface area (Å²) in [5, 5.41) is 0.422. The van der Waals surface area contributed by atoms with Gasteiger partial charge in [-0.05, 0) is 24.3 Å². The molecule has 2 heterocycles. The summed E-state index contributed by atoms with van der Waals surface area (Å²) >= 11 is 0. The maximum absolute atomic E-state index is 12.2. The number of Topliss-reactive ketones (excluding diaryl/α,β-unsaturated/α-hetero) is 1. The molecule has 0 spiro atoms. The SMILES string of the molecule is O=C(Cn1cnc2ccccc2c1=O)OCC(=O)c1ccc[nH]1. The van der Waals surface area contributed by atoms with Gasteiger partial charge in [0.15, 0.2) is 6.61 Å². The highest BCUT2D eigenvalue weighted by Gasteiger charge is 2.12. The van der Waals surface area contributed by atoms with Crippen molar-refractivity contribution in [2.24, 2.45) is 0 Å². The zero-order valence-electron chi connectivity index (χ0n) is 12.1. The number of ketones is 1. The smallest absolute Gasteiger partial charge is 0.326 e. The molecule has 7 nitrogen and oxygen atoms in total. The Hall–Kier alpha value is -3.22. The lowest BCUT2D eigenvalue weighted by atomic mass is 10.2. The number of aromatic nitrogens is 3. The number of benzene rings is 1. The van der Waals surface area contributed by atoms with E-state index in [9.17, 15) is 14.4 Å². The summed E-state index contributed by atoms with van der Waals surface area (Å²) in [4.78, 5) is 42.6. The van der Waals surface area contributed by atoms with Crippen LogP contribution in [0.4, 0.5) is 0 Å². The van der Waals surface area contributed by atoms with Gasteiger partial charge in [-0.15, -0.1) is 0 Å². The molecule has 0 atom stereocenters. The van der Waals surface area contributed by atoms with Gasteiger partial charge >= 0.3 is 5.97 Å². The maximum atomic E-state index is 12.2. The average molecular weight is 311 g/mol. The molecule has 1 aromatic carbocycles. The molecule has 2 aromatic heterocycles. The summed E-state index contributed by atoms with van der Waals surface area (Å²) in [6.45, 7) is -0.677. The number of para-hydroxylation sites is 1. The molecule has 0 radical (unpaired) electrons. The van der Waals surface area contributed by atoms with Gasteiger partial charge in [0.1, 0.15) is 6.54 Å². The monoisotopic (exact) mass is 311 g/mol. The highest BCUT2D eigenvalue weighted by atomic mass is 16.5. The molecular formula is C16H13N3O4. The molecule has 0 amide bonds. The van der Waals surface area contributed by atoms with Crippen molar-refractivity contribution >= 4 is 22.7 Å². The van der Waals surface area contributed by atoms with Crippen LogP contribution in [-0.2, 0) is 16.1 Å². The van der Waals surface area contributed by atoms with Crippen molar-refractivity contribution in [1.29, 1.82) is 0 Å². The zero-order valence-corrected chi connectivity index (χ0v) is 12.1. The summed E-state index contributed by atoms with van der Waals surface area (Å²) in [5.74, 6) is -1.02. The minimum absolute atomic E-state index is 0.297. The molecule has 3 rings (SSSR count). The largest absolute Gasteiger partial charge is 0.456 e. The van der Waals surface area contributed by atoms with Crippen molar-refractivity contribution in [2.45, 2.75) is 6.54 Å². The molecule has 23 heavy (non-hydrogen) atoms. The van der Waals surface area contributed by atoms with Gasteiger partial charge in [-0.25, -0.2) is 4.98 Å². The van der Waals surface area contributed by atoms with Gasteiger partial charge in [0.25, 0.3) is 5.56 Å². The number of carbonyl (C=O) groups is 2. The fraction of sp³-hybridized carbons (Fsp3) is 0.125. The normalized spacial score (nSPS) is 10.6. The van der Waals surface area contributed by atoms with Crippen LogP contribution in [0.1, 0.15) is 10.5 Å². The molecule has 0 aliphatic carbocycles. The molecule has 116 valence electrons. The molecule has 0 aliphatic rings. The third kappa shape index (κ3) is 3.18. The van der Waals surface area contributed by atoms with E-state index in [0.717, 1.165) is 4.57 Å². The van der Waals surface area contributed by atoms with Gasteiger partial charge in [0.05, 0.1) is 22.9 Å². The van der Waals surface area contributed by atoms with Crippen LogP contribution in [0.5, 0.6) is 0 Å². The molecule has 0 saturated heterocycles. The predicted octanol–water partition coefficient (Wildman–Crippen LogP) is 1.15. The van der Waals surface area contributed by atoms with Crippen LogP contribution in [0.3, 0.4) is 0 Å². The van der Waals surface area contributed by atoms with Crippen LogP contribution in [-0.4, -0.2) is 32.9 Å². The number of carbonyl (C=O) groups excluding carboxylic acids is 2.